The second-order valence-corrected chi connectivity index (χ2v) is 4.20. The predicted octanol–water partition coefficient (Wildman–Crippen LogP) is 2.83. The van der Waals surface area contributed by atoms with Gasteiger partial charge in [0.15, 0.2) is 0 Å². The second-order valence-electron chi connectivity index (χ2n) is 4.20. The van der Waals surface area contributed by atoms with Crippen LogP contribution in [0.5, 0.6) is 0 Å². The lowest BCUT2D eigenvalue weighted by atomic mass is 9.98. The Kier molecular flexibility index (Phi) is 3.75. The summed E-state index contributed by atoms with van der Waals surface area (Å²) in [6.45, 7) is 0. The summed E-state index contributed by atoms with van der Waals surface area (Å²) < 4.78 is 0. The van der Waals surface area contributed by atoms with E-state index < -0.39 is 12.0 Å². The Morgan fingerprint density at radius 1 is 1.06 bits per heavy atom. The van der Waals surface area contributed by atoms with Crippen molar-refractivity contribution in [3.05, 3.63) is 60.2 Å². The molecule has 0 fully saturated rings. The van der Waals surface area contributed by atoms with E-state index in [9.17, 15) is 4.79 Å². The molecule has 0 saturated heterocycles. The molecule has 2 aromatic rings. The van der Waals surface area contributed by atoms with Gasteiger partial charge in [-0.3, -0.25) is 4.79 Å². The van der Waals surface area contributed by atoms with E-state index in [1.807, 2.05) is 54.6 Å². The van der Waals surface area contributed by atoms with Gasteiger partial charge in [-0.15, -0.1) is 0 Å². The standard InChI is InChI=1S/C15H15NO2/c16-14(10-15(17)18)13-8-4-7-12(9-13)11-5-2-1-3-6-11/h1-9,14H,10,16H2,(H,17,18). The van der Waals surface area contributed by atoms with E-state index in [-0.39, 0.29) is 6.42 Å². The first-order chi connectivity index (χ1) is 8.66. The smallest absolute Gasteiger partial charge is 0.305 e. The average Bonchev–Trinajstić information content (AvgIpc) is 2.39. The van der Waals surface area contributed by atoms with E-state index in [0.717, 1.165) is 16.7 Å². The topological polar surface area (TPSA) is 63.3 Å². The van der Waals surface area contributed by atoms with Crippen molar-refractivity contribution >= 4 is 5.97 Å². The number of carboxylic acids is 1. The van der Waals surface area contributed by atoms with Crippen molar-refractivity contribution in [2.24, 2.45) is 5.73 Å². The van der Waals surface area contributed by atoms with Gasteiger partial charge in [0.1, 0.15) is 0 Å². The van der Waals surface area contributed by atoms with Crippen molar-refractivity contribution in [1.82, 2.24) is 0 Å². The minimum Gasteiger partial charge on any atom is -0.481 e. The van der Waals surface area contributed by atoms with Gasteiger partial charge < -0.3 is 10.8 Å². The first-order valence-corrected chi connectivity index (χ1v) is 5.79. The van der Waals surface area contributed by atoms with Crippen LogP contribution >= 0.6 is 0 Å². The van der Waals surface area contributed by atoms with Crippen LogP contribution in [0, 0.1) is 0 Å². The monoisotopic (exact) mass is 241 g/mol. The summed E-state index contributed by atoms with van der Waals surface area (Å²) in [5.41, 5.74) is 8.86. The van der Waals surface area contributed by atoms with Crippen LogP contribution in [-0.4, -0.2) is 11.1 Å². The largest absolute Gasteiger partial charge is 0.481 e. The molecule has 3 heteroatoms. The van der Waals surface area contributed by atoms with Gasteiger partial charge in [0, 0.05) is 6.04 Å². The number of nitrogens with two attached hydrogens (primary N) is 1. The maximum atomic E-state index is 10.7. The van der Waals surface area contributed by atoms with Crippen LogP contribution in [0.15, 0.2) is 54.6 Å². The Morgan fingerprint density at radius 2 is 1.72 bits per heavy atom. The molecule has 3 N–H and O–H groups in total. The minimum atomic E-state index is -0.882. The van der Waals surface area contributed by atoms with E-state index in [1.54, 1.807) is 0 Å². The molecule has 0 aliphatic rings. The quantitative estimate of drug-likeness (QED) is 0.865. The number of rotatable bonds is 4. The van der Waals surface area contributed by atoms with Gasteiger partial charge in [0.2, 0.25) is 0 Å². The predicted molar refractivity (Wildman–Crippen MR) is 71.1 cm³/mol. The normalized spacial score (nSPS) is 12.1. The molecule has 92 valence electrons. The molecule has 2 aromatic carbocycles. The summed E-state index contributed by atoms with van der Waals surface area (Å²) in [5, 5.41) is 8.75. The first-order valence-electron chi connectivity index (χ1n) is 5.79. The molecule has 0 aromatic heterocycles. The van der Waals surface area contributed by atoms with Crippen LogP contribution in [0.1, 0.15) is 18.0 Å². The summed E-state index contributed by atoms with van der Waals surface area (Å²) in [6.07, 6.45) is -0.0573. The second kappa shape index (κ2) is 5.47. The van der Waals surface area contributed by atoms with Crippen LogP contribution < -0.4 is 5.73 Å². The van der Waals surface area contributed by atoms with E-state index in [2.05, 4.69) is 0 Å². The van der Waals surface area contributed by atoms with Gasteiger partial charge in [-0.1, -0.05) is 48.5 Å². The highest BCUT2D eigenvalue weighted by Gasteiger charge is 2.11. The maximum Gasteiger partial charge on any atom is 0.305 e. The highest BCUT2D eigenvalue weighted by molar-refractivity contribution is 5.68. The number of hydrogen-bond donors (Lipinski definition) is 2. The molecule has 0 radical (unpaired) electrons. The lowest BCUT2D eigenvalue weighted by molar-refractivity contribution is -0.137. The molecule has 0 aliphatic carbocycles. The van der Waals surface area contributed by atoms with Crippen molar-refractivity contribution in [3.63, 3.8) is 0 Å². The molecule has 2 rings (SSSR count). The maximum absolute atomic E-state index is 10.7. The molecule has 0 amide bonds. The minimum absolute atomic E-state index is 0.0573. The summed E-state index contributed by atoms with van der Waals surface area (Å²) >= 11 is 0. The molecule has 0 bridgehead atoms. The summed E-state index contributed by atoms with van der Waals surface area (Å²) in [7, 11) is 0. The van der Waals surface area contributed by atoms with E-state index in [0.29, 0.717) is 0 Å². The van der Waals surface area contributed by atoms with Crippen molar-refractivity contribution in [3.8, 4) is 11.1 Å². The SMILES string of the molecule is NC(CC(=O)O)c1cccc(-c2ccccc2)c1. The van der Waals surface area contributed by atoms with Crippen molar-refractivity contribution in [2.45, 2.75) is 12.5 Å². The van der Waals surface area contributed by atoms with Crippen LogP contribution in [0.25, 0.3) is 11.1 Å². The molecule has 18 heavy (non-hydrogen) atoms. The Labute approximate surface area is 106 Å². The summed E-state index contributed by atoms with van der Waals surface area (Å²) in [4.78, 5) is 10.7. The third-order valence-electron chi connectivity index (χ3n) is 2.82. The number of benzene rings is 2. The van der Waals surface area contributed by atoms with Crippen molar-refractivity contribution < 1.29 is 9.90 Å². The van der Waals surface area contributed by atoms with Gasteiger partial charge in [-0.2, -0.15) is 0 Å². The van der Waals surface area contributed by atoms with Gasteiger partial charge in [-0.05, 0) is 22.8 Å². The third kappa shape index (κ3) is 2.96. The average molecular weight is 241 g/mol. The molecular weight excluding hydrogens is 226 g/mol. The summed E-state index contributed by atoms with van der Waals surface area (Å²) in [5.74, 6) is -0.882. The van der Waals surface area contributed by atoms with Gasteiger partial charge in [0.25, 0.3) is 0 Å². The van der Waals surface area contributed by atoms with Crippen LogP contribution in [-0.2, 0) is 4.79 Å². The zero-order valence-electron chi connectivity index (χ0n) is 9.91. The zero-order valence-corrected chi connectivity index (χ0v) is 9.91. The van der Waals surface area contributed by atoms with E-state index in [4.69, 9.17) is 10.8 Å². The van der Waals surface area contributed by atoms with Crippen molar-refractivity contribution in [2.75, 3.05) is 0 Å². The molecule has 0 heterocycles. The van der Waals surface area contributed by atoms with Gasteiger partial charge in [-0.25, -0.2) is 0 Å². The fourth-order valence-corrected chi connectivity index (χ4v) is 1.89. The van der Waals surface area contributed by atoms with E-state index >= 15 is 0 Å². The third-order valence-corrected chi connectivity index (χ3v) is 2.82. The number of carbonyl (C=O) groups is 1. The van der Waals surface area contributed by atoms with E-state index in [1.165, 1.54) is 0 Å². The Morgan fingerprint density at radius 3 is 2.39 bits per heavy atom. The van der Waals surface area contributed by atoms with Crippen LogP contribution in [0.4, 0.5) is 0 Å². The highest BCUT2D eigenvalue weighted by Crippen LogP contribution is 2.23. The van der Waals surface area contributed by atoms with Crippen LogP contribution in [0.2, 0.25) is 0 Å². The van der Waals surface area contributed by atoms with Crippen molar-refractivity contribution in [1.29, 1.82) is 0 Å². The molecule has 0 aliphatic heterocycles. The highest BCUT2D eigenvalue weighted by atomic mass is 16.4. The fraction of sp³-hybridized carbons (Fsp3) is 0.133. The fourth-order valence-electron chi connectivity index (χ4n) is 1.89. The van der Waals surface area contributed by atoms with Crippen LogP contribution in [0.3, 0.4) is 0 Å². The Bertz CT molecular complexity index is 537. The number of aliphatic carboxylic acids is 1. The zero-order chi connectivity index (χ0) is 13.0. The molecular formula is C15H15NO2. The molecule has 3 nitrogen and oxygen atoms in total. The van der Waals surface area contributed by atoms with Gasteiger partial charge >= 0.3 is 5.97 Å². The molecule has 0 saturated carbocycles. The number of hydrogen-bond acceptors (Lipinski definition) is 2. The molecule has 1 unspecified atom stereocenters. The lowest BCUT2D eigenvalue weighted by Crippen LogP contribution is -2.14. The Hall–Kier alpha value is -2.13. The first kappa shape index (κ1) is 12.3. The summed E-state index contributed by atoms with van der Waals surface area (Å²) in [6, 6.07) is 17.2. The lowest BCUT2D eigenvalue weighted by Gasteiger charge is -2.11. The molecule has 0 spiro atoms. The van der Waals surface area contributed by atoms with Gasteiger partial charge in [0.05, 0.1) is 6.42 Å². The molecule has 1 atom stereocenters. The Balaban J connectivity index is 2.28. The number of carboxylic acid groups (broad SMARTS) is 1.